The molecule has 2 aromatic carbocycles. The molecule has 35 heavy (non-hydrogen) atoms. The third-order valence-corrected chi connectivity index (χ3v) is 7.91. The van der Waals surface area contributed by atoms with Crippen molar-refractivity contribution < 1.29 is 8.42 Å². The number of benzene rings is 2. The average molecular weight is 516 g/mol. The van der Waals surface area contributed by atoms with E-state index in [0.29, 0.717) is 17.5 Å². The van der Waals surface area contributed by atoms with Gasteiger partial charge in [-0.2, -0.15) is 4.98 Å². The molecule has 0 saturated heterocycles. The predicted octanol–water partition coefficient (Wildman–Crippen LogP) is 3.74. The van der Waals surface area contributed by atoms with E-state index in [1.54, 1.807) is 18.2 Å². The standard InChI is InChI=1S/C24H30ClN7O2S/c1-30(2)11-12-32-15-17-9-10-19(13-18(17)16-32)27-24-26-14-20(25)23(29-24)28-21-7-5-6-8-22(21)35(33,34)31(3)4/h5-10,13-14H,11-12,15-16H2,1-4H3,(H2,26,27,28,29). The third kappa shape index (κ3) is 5.91. The van der Waals surface area contributed by atoms with Gasteiger partial charge < -0.3 is 15.5 Å². The summed E-state index contributed by atoms with van der Waals surface area (Å²) in [7, 11) is 3.49. The zero-order chi connectivity index (χ0) is 25.2. The van der Waals surface area contributed by atoms with Gasteiger partial charge in [-0.25, -0.2) is 17.7 Å². The molecular weight excluding hydrogens is 486 g/mol. The lowest BCUT2D eigenvalue weighted by atomic mass is 10.1. The van der Waals surface area contributed by atoms with E-state index in [1.807, 2.05) is 6.07 Å². The number of halogens is 1. The van der Waals surface area contributed by atoms with Crippen LogP contribution in [0.1, 0.15) is 11.1 Å². The van der Waals surface area contributed by atoms with Crippen LogP contribution in [0.5, 0.6) is 0 Å². The molecule has 186 valence electrons. The molecule has 11 heteroatoms. The number of para-hydroxylation sites is 1. The van der Waals surface area contributed by atoms with Crippen molar-refractivity contribution in [1.29, 1.82) is 0 Å². The first kappa shape index (κ1) is 25.3. The molecule has 0 saturated carbocycles. The van der Waals surface area contributed by atoms with E-state index in [-0.39, 0.29) is 9.92 Å². The number of nitrogens with one attached hydrogen (secondary N) is 2. The van der Waals surface area contributed by atoms with E-state index in [2.05, 4.69) is 56.6 Å². The van der Waals surface area contributed by atoms with Gasteiger partial charge in [-0.3, -0.25) is 4.90 Å². The fourth-order valence-electron chi connectivity index (χ4n) is 3.81. The highest BCUT2D eigenvalue weighted by atomic mass is 35.5. The summed E-state index contributed by atoms with van der Waals surface area (Å²) in [5.74, 6) is 0.661. The maximum absolute atomic E-state index is 12.7. The fourth-order valence-corrected chi connectivity index (χ4v) is 4.98. The molecule has 0 atom stereocenters. The van der Waals surface area contributed by atoms with Crippen molar-refractivity contribution in [1.82, 2.24) is 24.1 Å². The van der Waals surface area contributed by atoms with Crippen molar-refractivity contribution in [3.05, 3.63) is 64.8 Å². The Balaban J connectivity index is 1.52. The van der Waals surface area contributed by atoms with Crippen LogP contribution in [0.15, 0.2) is 53.6 Å². The Labute approximate surface area is 211 Å². The number of aromatic nitrogens is 2. The minimum atomic E-state index is -3.66. The number of hydrogen-bond donors (Lipinski definition) is 2. The lowest BCUT2D eigenvalue weighted by molar-refractivity contribution is 0.246. The van der Waals surface area contributed by atoms with Gasteiger partial charge in [-0.15, -0.1) is 0 Å². The number of nitrogens with zero attached hydrogens (tertiary/aromatic N) is 5. The van der Waals surface area contributed by atoms with Gasteiger partial charge in [0, 0.05) is 46.0 Å². The van der Waals surface area contributed by atoms with Gasteiger partial charge in [0.2, 0.25) is 16.0 Å². The highest BCUT2D eigenvalue weighted by molar-refractivity contribution is 7.89. The number of fused-ring (bicyclic) bond motifs is 1. The first-order valence-electron chi connectivity index (χ1n) is 11.2. The second kappa shape index (κ2) is 10.5. The van der Waals surface area contributed by atoms with E-state index < -0.39 is 10.0 Å². The van der Waals surface area contributed by atoms with Crippen LogP contribution in [0.2, 0.25) is 5.02 Å². The van der Waals surface area contributed by atoms with Gasteiger partial charge in [0.1, 0.15) is 9.92 Å². The molecule has 2 heterocycles. The summed E-state index contributed by atoms with van der Waals surface area (Å²) < 4.78 is 26.6. The summed E-state index contributed by atoms with van der Waals surface area (Å²) in [6.07, 6.45) is 1.48. The zero-order valence-electron chi connectivity index (χ0n) is 20.3. The van der Waals surface area contributed by atoms with Crippen molar-refractivity contribution in [3.63, 3.8) is 0 Å². The predicted molar refractivity (Wildman–Crippen MR) is 140 cm³/mol. The van der Waals surface area contributed by atoms with Crippen molar-refractivity contribution in [2.75, 3.05) is 51.9 Å². The molecule has 1 aliphatic heterocycles. The molecule has 3 aromatic rings. The van der Waals surface area contributed by atoms with Crippen LogP contribution < -0.4 is 10.6 Å². The van der Waals surface area contributed by atoms with Crippen LogP contribution in [0.4, 0.5) is 23.1 Å². The lowest BCUT2D eigenvalue weighted by Gasteiger charge is -2.17. The van der Waals surface area contributed by atoms with Gasteiger partial charge in [0.15, 0.2) is 5.82 Å². The number of rotatable bonds is 9. The maximum atomic E-state index is 12.7. The molecule has 0 bridgehead atoms. The molecule has 1 aromatic heterocycles. The minimum Gasteiger partial charge on any atom is -0.338 e. The van der Waals surface area contributed by atoms with Crippen molar-refractivity contribution in [2.45, 2.75) is 18.0 Å². The van der Waals surface area contributed by atoms with Crippen molar-refractivity contribution in [2.24, 2.45) is 0 Å². The minimum absolute atomic E-state index is 0.131. The highest BCUT2D eigenvalue weighted by Gasteiger charge is 2.22. The van der Waals surface area contributed by atoms with Gasteiger partial charge in [-0.05, 0) is 49.5 Å². The topological polar surface area (TPSA) is 93.7 Å². The smallest absolute Gasteiger partial charge is 0.244 e. The molecule has 0 fully saturated rings. The number of likely N-dealkylation sites (N-methyl/N-ethyl adjacent to an activating group) is 1. The molecule has 0 radical (unpaired) electrons. The summed E-state index contributed by atoms with van der Waals surface area (Å²) in [6.45, 7) is 3.89. The number of anilines is 4. The van der Waals surface area contributed by atoms with Crippen LogP contribution in [-0.2, 0) is 23.1 Å². The van der Waals surface area contributed by atoms with Crippen molar-refractivity contribution >= 4 is 44.8 Å². The maximum Gasteiger partial charge on any atom is 0.244 e. The molecule has 9 nitrogen and oxygen atoms in total. The van der Waals surface area contributed by atoms with E-state index in [9.17, 15) is 8.42 Å². The van der Waals surface area contributed by atoms with Gasteiger partial charge >= 0.3 is 0 Å². The van der Waals surface area contributed by atoms with Crippen LogP contribution in [0.25, 0.3) is 0 Å². The van der Waals surface area contributed by atoms with E-state index in [4.69, 9.17) is 11.6 Å². The Morgan fingerprint density at radius 1 is 1.03 bits per heavy atom. The molecule has 4 rings (SSSR count). The molecule has 0 amide bonds. The summed E-state index contributed by atoms with van der Waals surface area (Å²) in [6, 6.07) is 12.9. The summed E-state index contributed by atoms with van der Waals surface area (Å²) in [5, 5.41) is 6.58. The number of sulfonamides is 1. The molecule has 0 spiro atoms. The summed E-state index contributed by atoms with van der Waals surface area (Å²) in [4.78, 5) is 13.5. The Kier molecular flexibility index (Phi) is 7.58. The Bertz CT molecular complexity index is 1310. The molecule has 2 N–H and O–H groups in total. The molecule has 1 aliphatic rings. The second-order valence-electron chi connectivity index (χ2n) is 8.92. The largest absolute Gasteiger partial charge is 0.338 e. The number of hydrogen-bond acceptors (Lipinski definition) is 8. The monoisotopic (exact) mass is 515 g/mol. The third-order valence-electron chi connectivity index (χ3n) is 5.76. The van der Waals surface area contributed by atoms with E-state index >= 15 is 0 Å². The summed E-state index contributed by atoms with van der Waals surface area (Å²) in [5.41, 5.74) is 3.86. The highest BCUT2D eigenvalue weighted by Crippen LogP contribution is 2.31. The van der Waals surface area contributed by atoms with E-state index in [1.165, 1.54) is 37.5 Å². The van der Waals surface area contributed by atoms with Crippen molar-refractivity contribution in [3.8, 4) is 0 Å². The Morgan fingerprint density at radius 3 is 2.51 bits per heavy atom. The quantitative estimate of drug-likeness (QED) is 0.445. The zero-order valence-corrected chi connectivity index (χ0v) is 21.9. The fraction of sp³-hybridized carbons (Fsp3) is 0.333. The normalized spacial score (nSPS) is 13.9. The van der Waals surface area contributed by atoms with Gasteiger partial charge in [0.25, 0.3) is 0 Å². The van der Waals surface area contributed by atoms with Crippen LogP contribution in [0.3, 0.4) is 0 Å². The van der Waals surface area contributed by atoms with Gasteiger partial charge in [0.05, 0.1) is 11.9 Å². The lowest BCUT2D eigenvalue weighted by Crippen LogP contribution is -2.27. The summed E-state index contributed by atoms with van der Waals surface area (Å²) >= 11 is 6.34. The first-order chi connectivity index (χ1) is 16.6. The first-order valence-corrected chi connectivity index (χ1v) is 13.0. The van der Waals surface area contributed by atoms with Crippen LogP contribution in [0, 0.1) is 0 Å². The molecular formula is C24H30ClN7O2S. The molecule has 0 aliphatic carbocycles. The SMILES string of the molecule is CN(C)CCN1Cc2ccc(Nc3ncc(Cl)c(Nc4ccccc4S(=O)(=O)N(C)C)n3)cc2C1. The Morgan fingerprint density at radius 2 is 1.77 bits per heavy atom. The molecule has 0 unspecified atom stereocenters. The second-order valence-corrected chi connectivity index (χ2v) is 11.4. The van der Waals surface area contributed by atoms with E-state index in [0.717, 1.165) is 36.2 Å². The van der Waals surface area contributed by atoms with Crippen LogP contribution >= 0.6 is 11.6 Å². The van der Waals surface area contributed by atoms with Crippen LogP contribution in [-0.4, -0.2) is 73.8 Å². The van der Waals surface area contributed by atoms with Gasteiger partial charge in [-0.1, -0.05) is 29.8 Å². The Hall–Kier alpha value is -2.76. The average Bonchev–Trinajstić information content (AvgIpc) is 3.22.